The van der Waals surface area contributed by atoms with E-state index in [1.54, 1.807) is 20.8 Å². The van der Waals surface area contributed by atoms with E-state index in [-0.39, 0.29) is 49.0 Å². The number of halogens is 6. The van der Waals surface area contributed by atoms with Crippen LogP contribution in [0.4, 0.5) is 31.1 Å². The number of amides is 2. The van der Waals surface area contributed by atoms with Crippen molar-refractivity contribution in [3.63, 3.8) is 0 Å². The molecule has 0 unspecified atom stereocenters. The van der Waals surface area contributed by atoms with Gasteiger partial charge in [0.05, 0.1) is 25.2 Å². The normalized spacial score (nSPS) is 24.3. The van der Waals surface area contributed by atoms with E-state index in [1.807, 2.05) is 0 Å². The molecule has 0 aromatic heterocycles. The molecule has 230 valence electrons. The number of likely N-dealkylation sites (tertiary alicyclic amines) is 1. The van der Waals surface area contributed by atoms with Crippen LogP contribution in [0.5, 0.6) is 0 Å². The second kappa shape index (κ2) is 12.5. The summed E-state index contributed by atoms with van der Waals surface area (Å²) in [4.78, 5) is 26.4. The minimum absolute atomic E-state index is 0.0435. The molecular weight excluding hydrogens is 566 g/mol. The highest BCUT2D eigenvalue weighted by Crippen LogP contribution is 2.37. The standard InChI is InChI=1S/C30H34F6N2O4/c1-29(2,3)42-28(40)38-11-9-23(22(33)16-38)41-24-8-5-10-30(35,36)27(24)37-25(39)14-17-6-4-7-21(26(17)34)18-12-19(31)15-20(32)13-18/h4,6-7,12-13,15,22-24,27H,5,8-11,14,16H2,1-3H3,(H,37,39)/t22-,23-,24-,27+/m0/s1. The highest BCUT2D eigenvalue weighted by molar-refractivity contribution is 5.80. The lowest BCUT2D eigenvalue weighted by atomic mass is 9.88. The van der Waals surface area contributed by atoms with E-state index in [9.17, 15) is 18.4 Å². The maximum atomic E-state index is 15.2. The molecule has 2 aromatic rings. The van der Waals surface area contributed by atoms with E-state index in [4.69, 9.17) is 9.47 Å². The summed E-state index contributed by atoms with van der Waals surface area (Å²) >= 11 is 0. The van der Waals surface area contributed by atoms with Crippen LogP contribution < -0.4 is 5.32 Å². The molecule has 2 aliphatic rings. The lowest BCUT2D eigenvalue weighted by Gasteiger charge is -2.42. The Hall–Kier alpha value is -3.28. The summed E-state index contributed by atoms with van der Waals surface area (Å²) in [7, 11) is 0. The van der Waals surface area contributed by atoms with E-state index in [1.165, 1.54) is 23.1 Å². The van der Waals surface area contributed by atoms with Crippen molar-refractivity contribution in [2.75, 3.05) is 13.1 Å². The Morgan fingerprint density at radius 3 is 2.38 bits per heavy atom. The van der Waals surface area contributed by atoms with Gasteiger partial charge in [0.25, 0.3) is 5.92 Å². The predicted octanol–water partition coefficient (Wildman–Crippen LogP) is 6.35. The average molecular weight is 601 g/mol. The van der Waals surface area contributed by atoms with Gasteiger partial charge in [-0.05, 0) is 63.3 Å². The van der Waals surface area contributed by atoms with Gasteiger partial charge in [-0.3, -0.25) is 4.79 Å². The van der Waals surface area contributed by atoms with Gasteiger partial charge in [0.15, 0.2) is 0 Å². The Kier molecular flexibility index (Phi) is 9.44. The van der Waals surface area contributed by atoms with Crippen molar-refractivity contribution in [1.29, 1.82) is 0 Å². The number of carbonyl (C=O) groups excluding carboxylic acids is 2. The molecular formula is C30H34F6N2O4. The summed E-state index contributed by atoms with van der Waals surface area (Å²) in [5.74, 6) is -7.04. The summed E-state index contributed by atoms with van der Waals surface area (Å²) in [6, 6.07) is 4.66. The Balaban J connectivity index is 1.43. The van der Waals surface area contributed by atoms with Crippen LogP contribution in [-0.4, -0.2) is 65.9 Å². The number of alkyl halides is 3. The molecule has 0 spiro atoms. The monoisotopic (exact) mass is 600 g/mol. The number of piperidine rings is 1. The van der Waals surface area contributed by atoms with Crippen LogP contribution in [0, 0.1) is 17.5 Å². The minimum Gasteiger partial charge on any atom is -0.444 e. The van der Waals surface area contributed by atoms with Gasteiger partial charge in [-0.1, -0.05) is 18.2 Å². The van der Waals surface area contributed by atoms with Crippen LogP contribution in [-0.2, 0) is 20.7 Å². The molecule has 2 aromatic carbocycles. The number of carbonyl (C=O) groups is 2. The number of nitrogens with zero attached hydrogens (tertiary/aromatic N) is 1. The van der Waals surface area contributed by atoms with Crippen LogP contribution in [0.2, 0.25) is 0 Å². The van der Waals surface area contributed by atoms with Gasteiger partial charge in [0, 0.05) is 24.6 Å². The van der Waals surface area contributed by atoms with Crippen LogP contribution >= 0.6 is 0 Å². The summed E-state index contributed by atoms with van der Waals surface area (Å²) in [5.41, 5.74) is -1.17. The molecule has 12 heteroatoms. The third kappa shape index (κ3) is 7.76. The summed E-state index contributed by atoms with van der Waals surface area (Å²) < 4.78 is 98.8. The fourth-order valence-corrected chi connectivity index (χ4v) is 5.28. The minimum atomic E-state index is -3.37. The largest absolute Gasteiger partial charge is 0.444 e. The third-order valence-electron chi connectivity index (χ3n) is 7.23. The van der Waals surface area contributed by atoms with Crippen LogP contribution in [0.3, 0.4) is 0 Å². The molecule has 1 aliphatic carbocycles. The second-order valence-corrected chi connectivity index (χ2v) is 11.8. The molecule has 2 fully saturated rings. The fourth-order valence-electron chi connectivity index (χ4n) is 5.28. The van der Waals surface area contributed by atoms with Crippen molar-refractivity contribution < 1.29 is 45.4 Å². The summed E-state index contributed by atoms with van der Waals surface area (Å²) in [6.07, 6.45) is -5.54. The second-order valence-electron chi connectivity index (χ2n) is 11.8. The Labute approximate surface area is 240 Å². The van der Waals surface area contributed by atoms with Crippen molar-refractivity contribution in [2.24, 2.45) is 0 Å². The lowest BCUT2D eigenvalue weighted by Crippen LogP contribution is -2.59. The first kappa shape index (κ1) is 31.7. The lowest BCUT2D eigenvalue weighted by molar-refractivity contribution is -0.165. The molecule has 1 saturated heterocycles. The summed E-state index contributed by atoms with van der Waals surface area (Å²) in [5, 5.41) is 2.26. The van der Waals surface area contributed by atoms with Crippen molar-refractivity contribution in [2.45, 2.75) is 88.8 Å². The van der Waals surface area contributed by atoms with Crippen molar-refractivity contribution in [3.8, 4) is 11.1 Å². The third-order valence-corrected chi connectivity index (χ3v) is 7.23. The number of ether oxygens (including phenoxy) is 2. The van der Waals surface area contributed by atoms with Crippen LogP contribution in [0.1, 0.15) is 52.0 Å². The van der Waals surface area contributed by atoms with E-state index in [2.05, 4.69) is 5.32 Å². The van der Waals surface area contributed by atoms with Gasteiger partial charge in [-0.25, -0.2) is 31.1 Å². The van der Waals surface area contributed by atoms with Gasteiger partial charge >= 0.3 is 6.09 Å². The number of hydrogen-bond acceptors (Lipinski definition) is 4. The quantitative estimate of drug-likeness (QED) is 0.393. The van der Waals surface area contributed by atoms with Gasteiger partial charge in [0.2, 0.25) is 5.91 Å². The van der Waals surface area contributed by atoms with Crippen LogP contribution in [0.15, 0.2) is 36.4 Å². The molecule has 1 heterocycles. The maximum Gasteiger partial charge on any atom is 0.410 e. The van der Waals surface area contributed by atoms with Gasteiger partial charge in [0.1, 0.15) is 35.3 Å². The molecule has 6 nitrogen and oxygen atoms in total. The predicted molar refractivity (Wildman–Crippen MR) is 142 cm³/mol. The molecule has 0 bridgehead atoms. The zero-order valence-corrected chi connectivity index (χ0v) is 23.6. The Bertz CT molecular complexity index is 1280. The highest BCUT2D eigenvalue weighted by atomic mass is 19.3. The van der Waals surface area contributed by atoms with Gasteiger partial charge < -0.3 is 19.7 Å². The molecule has 4 atom stereocenters. The molecule has 1 aliphatic heterocycles. The molecule has 0 radical (unpaired) electrons. The highest BCUT2D eigenvalue weighted by Gasteiger charge is 2.50. The SMILES string of the molecule is CC(C)(C)OC(=O)N1CC[C@H](O[C@H]2CCCC(F)(F)[C@@H]2NC(=O)Cc2cccc(-c3cc(F)cc(F)c3)c2F)[C@@H](F)C1. The smallest absolute Gasteiger partial charge is 0.410 e. The molecule has 1 N–H and O–H groups in total. The molecule has 4 rings (SSSR count). The van der Waals surface area contributed by atoms with Crippen LogP contribution in [0.25, 0.3) is 11.1 Å². The van der Waals surface area contributed by atoms with E-state index in [0.717, 1.165) is 12.1 Å². The van der Waals surface area contributed by atoms with Gasteiger partial charge in [-0.2, -0.15) is 0 Å². The number of hydrogen-bond donors (Lipinski definition) is 1. The Morgan fingerprint density at radius 1 is 1.05 bits per heavy atom. The van der Waals surface area contributed by atoms with Gasteiger partial charge in [-0.15, -0.1) is 0 Å². The topological polar surface area (TPSA) is 67.9 Å². The zero-order valence-electron chi connectivity index (χ0n) is 23.6. The first-order valence-corrected chi connectivity index (χ1v) is 13.8. The molecule has 1 saturated carbocycles. The summed E-state index contributed by atoms with van der Waals surface area (Å²) in [6.45, 7) is 4.82. The number of benzene rings is 2. The Morgan fingerprint density at radius 2 is 1.74 bits per heavy atom. The zero-order chi connectivity index (χ0) is 30.8. The van der Waals surface area contributed by atoms with E-state index < -0.39 is 78.2 Å². The van der Waals surface area contributed by atoms with Crippen molar-refractivity contribution in [1.82, 2.24) is 10.2 Å². The van der Waals surface area contributed by atoms with E-state index >= 15 is 17.6 Å². The first-order valence-electron chi connectivity index (χ1n) is 13.8. The number of rotatable bonds is 6. The maximum absolute atomic E-state index is 15.2. The van der Waals surface area contributed by atoms with Crippen molar-refractivity contribution >= 4 is 12.0 Å². The number of nitrogens with one attached hydrogen (secondary N) is 1. The molecule has 42 heavy (non-hydrogen) atoms. The average Bonchev–Trinajstić information content (AvgIpc) is 2.86. The first-order chi connectivity index (χ1) is 19.6. The van der Waals surface area contributed by atoms with Crippen molar-refractivity contribution in [3.05, 3.63) is 59.4 Å². The van der Waals surface area contributed by atoms with E-state index in [0.29, 0.717) is 6.07 Å². The molecule has 2 amide bonds. The fraction of sp³-hybridized carbons (Fsp3) is 0.533.